The lowest BCUT2D eigenvalue weighted by Crippen LogP contribution is -2.30. The zero-order valence-electron chi connectivity index (χ0n) is 15.6. The van der Waals surface area contributed by atoms with Gasteiger partial charge in [0.2, 0.25) is 5.95 Å². The summed E-state index contributed by atoms with van der Waals surface area (Å²) in [4.78, 5) is 12.0. The first-order chi connectivity index (χ1) is 13.4. The predicted octanol–water partition coefficient (Wildman–Crippen LogP) is 4.79. The molecular weight excluding hydrogens is 332 g/mol. The average Bonchev–Trinajstić information content (AvgIpc) is 2.76. The molecule has 2 heterocycles. The van der Waals surface area contributed by atoms with E-state index in [4.69, 9.17) is 9.97 Å². The minimum absolute atomic E-state index is 0.716. The Morgan fingerprint density at radius 2 is 1.52 bits per heavy atom. The highest BCUT2D eigenvalue weighted by atomic mass is 15.2. The molecule has 1 N–H and O–H groups in total. The van der Waals surface area contributed by atoms with Crippen LogP contribution in [0, 0.1) is 0 Å². The molecule has 1 fully saturated rings. The van der Waals surface area contributed by atoms with Crippen molar-refractivity contribution in [2.75, 3.05) is 29.9 Å². The summed E-state index contributed by atoms with van der Waals surface area (Å²) in [6.07, 6.45) is 4.75. The van der Waals surface area contributed by atoms with Crippen molar-refractivity contribution in [2.24, 2.45) is 0 Å². The molecule has 4 heteroatoms. The van der Waals surface area contributed by atoms with Crippen molar-refractivity contribution in [3.05, 3.63) is 72.3 Å². The molecule has 4 rings (SSSR count). The van der Waals surface area contributed by atoms with Crippen molar-refractivity contribution < 1.29 is 0 Å². The van der Waals surface area contributed by atoms with Gasteiger partial charge < -0.3 is 10.2 Å². The maximum absolute atomic E-state index is 4.82. The fraction of sp³-hybridized carbons (Fsp3) is 0.304. The molecule has 2 aromatic carbocycles. The van der Waals surface area contributed by atoms with E-state index in [0.29, 0.717) is 5.95 Å². The summed E-state index contributed by atoms with van der Waals surface area (Å²) in [5, 5.41) is 3.43. The highest BCUT2D eigenvalue weighted by molar-refractivity contribution is 5.64. The molecule has 0 atom stereocenters. The van der Waals surface area contributed by atoms with E-state index < -0.39 is 0 Å². The van der Waals surface area contributed by atoms with Gasteiger partial charge in [0, 0.05) is 31.3 Å². The SMILES string of the molecule is c1ccc(CCNc2nc(-c3ccccc3)cc(N3CCCCC3)n2)cc1. The van der Waals surface area contributed by atoms with E-state index in [2.05, 4.69) is 64.8 Å². The number of nitrogens with zero attached hydrogens (tertiary/aromatic N) is 3. The van der Waals surface area contributed by atoms with Crippen LogP contribution in [0.25, 0.3) is 11.3 Å². The van der Waals surface area contributed by atoms with E-state index in [0.717, 1.165) is 43.1 Å². The van der Waals surface area contributed by atoms with Gasteiger partial charge in [-0.05, 0) is 31.2 Å². The molecule has 1 aliphatic heterocycles. The number of rotatable bonds is 6. The van der Waals surface area contributed by atoms with Crippen LogP contribution in [0.3, 0.4) is 0 Å². The molecule has 0 radical (unpaired) electrons. The van der Waals surface area contributed by atoms with Crippen molar-refractivity contribution in [1.82, 2.24) is 9.97 Å². The van der Waals surface area contributed by atoms with Crippen LogP contribution >= 0.6 is 0 Å². The molecule has 0 saturated carbocycles. The van der Waals surface area contributed by atoms with E-state index in [1.54, 1.807) is 0 Å². The Morgan fingerprint density at radius 3 is 2.26 bits per heavy atom. The van der Waals surface area contributed by atoms with Crippen molar-refractivity contribution in [1.29, 1.82) is 0 Å². The number of nitrogens with one attached hydrogen (secondary N) is 1. The molecule has 3 aromatic rings. The van der Waals surface area contributed by atoms with Crippen LogP contribution in [0.5, 0.6) is 0 Å². The second-order valence-electron chi connectivity index (χ2n) is 7.01. The van der Waals surface area contributed by atoms with Gasteiger partial charge in [0.25, 0.3) is 0 Å². The summed E-state index contributed by atoms with van der Waals surface area (Å²) < 4.78 is 0. The maximum Gasteiger partial charge on any atom is 0.225 e. The highest BCUT2D eigenvalue weighted by Crippen LogP contribution is 2.25. The first-order valence-electron chi connectivity index (χ1n) is 9.86. The zero-order chi connectivity index (χ0) is 18.3. The van der Waals surface area contributed by atoms with Gasteiger partial charge >= 0.3 is 0 Å². The monoisotopic (exact) mass is 358 g/mol. The summed E-state index contributed by atoms with van der Waals surface area (Å²) in [6.45, 7) is 2.98. The molecule has 0 bridgehead atoms. The number of anilines is 2. The summed E-state index contributed by atoms with van der Waals surface area (Å²) in [5.41, 5.74) is 3.43. The molecule has 4 nitrogen and oxygen atoms in total. The molecule has 1 saturated heterocycles. The van der Waals surface area contributed by atoms with E-state index >= 15 is 0 Å². The maximum atomic E-state index is 4.82. The Hall–Kier alpha value is -2.88. The third-order valence-electron chi connectivity index (χ3n) is 5.00. The van der Waals surface area contributed by atoms with E-state index in [1.807, 2.05) is 12.1 Å². The van der Waals surface area contributed by atoms with Gasteiger partial charge in [0.1, 0.15) is 5.82 Å². The Labute approximate surface area is 161 Å². The predicted molar refractivity (Wildman–Crippen MR) is 112 cm³/mol. The molecule has 27 heavy (non-hydrogen) atoms. The van der Waals surface area contributed by atoms with Crippen LogP contribution in [0.4, 0.5) is 11.8 Å². The van der Waals surface area contributed by atoms with Gasteiger partial charge in [0.05, 0.1) is 5.69 Å². The number of piperidine rings is 1. The normalized spacial score (nSPS) is 14.1. The molecule has 0 amide bonds. The minimum Gasteiger partial charge on any atom is -0.356 e. The highest BCUT2D eigenvalue weighted by Gasteiger charge is 2.15. The van der Waals surface area contributed by atoms with Crippen molar-refractivity contribution >= 4 is 11.8 Å². The minimum atomic E-state index is 0.716. The molecule has 0 unspecified atom stereocenters. The Kier molecular flexibility index (Phi) is 5.63. The van der Waals surface area contributed by atoms with Gasteiger partial charge in [-0.3, -0.25) is 0 Å². The lowest BCUT2D eigenvalue weighted by Gasteiger charge is -2.28. The van der Waals surface area contributed by atoms with Crippen molar-refractivity contribution in [2.45, 2.75) is 25.7 Å². The van der Waals surface area contributed by atoms with Gasteiger partial charge in [-0.2, -0.15) is 4.98 Å². The zero-order valence-corrected chi connectivity index (χ0v) is 15.6. The molecule has 0 spiro atoms. The van der Waals surface area contributed by atoms with E-state index in [1.165, 1.54) is 24.8 Å². The van der Waals surface area contributed by atoms with Crippen LogP contribution in [0.1, 0.15) is 24.8 Å². The number of hydrogen-bond acceptors (Lipinski definition) is 4. The average molecular weight is 358 g/mol. The van der Waals surface area contributed by atoms with Crippen molar-refractivity contribution in [3.8, 4) is 11.3 Å². The van der Waals surface area contributed by atoms with E-state index in [-0.39, 0.29) is 0 Å². The van der Waals surface area contributed by atoms with Gasteiger partial charge in [-0.1, -0.05) is 60.7 Å². The first-order valence-corrected chi connectivity index (χ1v) is 9.86. The first kappa shape index (κ1) is 17.5. The summed E-state index contributed by atoms with van der Waals surface area (Å²) in [7, 11) is 0. The standard InChI is InChI=1S/C23H26N4/c1-4-10-19(11-5-1)14-15-24-23-25-21(20-12-6-2-7-13-20)18-22(26-23)27-16-8-3-9-17-27/h1-2,4-7,10-13,18H,3,8-9,14-17H2,(H,24,25,26). The Bertz CT molecular complexity index is 843. The van der Waals surface area contributed by atoms with E-state index in [9.17, 15) is 0 Å². The van der Waals surface area contributed by atoms with Crippen LogP contribution in [0.15, 0.2) is 66.7 Å². The number of benzene rings is 2. The number of aromatic nitrogens is 2. The van der Waals surface area contributed by atoms with Crippen LogP contribution < -0.4 is 10.2 Å². The molecule has 1 aromatic heterocycles. The van der Waals surface area contributed by atoms with Crippen LogP contribution in [0.2, 0.25) is 0 Å². The van der Waals surface area contributed by atoms with Gasteiger partial charge in [-0.25, -0.2) is 4.98 Å². The summed E-state index contributed by atoms with van der Waals surface area (Å²) in [5.74, 6) is 1.75. The molecule has 0 aliphatic carbocycles. The molecule has 138 valence electrons. The van der Waals surface area contributed by atoms with Gasteiger partial charge in [0.15, 0.2) is 0 Å². The van der Waals surface area contributed by atoms with Gasteiger partial charge in [-0.15, -0.1) is 0 Å². The largest absolute Gasteiger partial charge is 0.356 e. The second-order valence-corrected chi connectivity index (χ2v) is 7.01. The molecular formula is C23H26N4. The summed E-state index contributed by atoms with van der Waals surface area (Å²) in [6, 6.07) is 23.0. The third-order valence-corrected chi connectivity index (χ3v) is 5.00. The number of hydrogen-bond donors (Lipinski definition) is 1. The van der Waals surface area contributed by atoms with Crippen molar-refractivity contribution in [3.63, 3.8) is 0 Å². The Morgan fingerprint density at radius 1 is 0.815 bits per heavy atom. The fourth-order valence-corrected chi connectivity index (χ4v) is 3.52. The smallest absolute Gasteiger partial charge is 0.225 e. The quantitative estimate of drug-likeness (QED) is 0.688. The fourth-order valence-electron chi connectivity index (χ4n) is 3.52. The lowest BCUT2D eigenvalue weighted by molar-refractivity contribution is 0.573. The lowest BCUT2D eigenvalue weighted by atomic mass is 10.1. The van der Waals surface area contributed by atoms with Crippen LogP contribution in [-0.4, -0.2) is 29.6 Å². The third kappa shape index (κ3) is 4.64. The Balaban J connectivity index is 1.55. The molecule has 1 aliphatic rings. The topological polar surface area (TPSA) is 41.1 Å². The second kappa shape index (κ2) is 8.67. The van der Waals surface area contributed by atoms with Crippen LogP contribution in [-0.2, 0) is 6.42 Å². The summed E-state index contributed by atoms with van der Waals surface area (Å²) >= 11 is 0.